The van der Waals surface area contributed by atoms with Crippen molar-refractivity contribution < 1.29 is 4.79 Å². The van der Waals surface area contributed by atoms with Gasteiger partial charge in [0.1, 0.15) is 5.82 Å². The van der Waals surface area contributed by atoms with Gasteiger partial charge in [-0.3, -0.25) is 9.78 Å². The molecule has 0 radical (unpaired) electrons. The van der Waals surface area contributed by atoms with Gasteiger partial charge in [-0.1, -0.05) is 30.3 Å². The molecule has 0 bridgehead atoms. The Hall–Kier alpha value is -2.43. The average molecular weight is 336 g/mol. The molecule has 0 spiro atoms. The first-order valence-electron chi connectivity index (χ1n) is 9.15. The summed E-state index contributed by atoms with van der Waals surface area (Å²) in [6.07, 6.45) is 8.90. The van der Waals surface area contributed by atoms with E-state index in [0.29, 0.717) is 24.3 Å². The highest BCUT2D eigenvalue weighted by Crippen LogP contribution is 2.32. The number of benzene rings is 1. The molecule has 1 aromatic carbocycles. The maximum atomic E-state index is 12.5. The van der Waals surface area contributed by atoms with Gasteiger partial charge >= 0.3 is 0 Å². The minimum absolute atomic E-state index is 0.324. The zero-order chi connectivity index (χ0) is 17.1. The molecule has 0 aliphatic carbocycles. The van der Waals surface area contributed by atoms with E-state index in [4.69, 9.17) is 0 Å². The van der Waals surface area contributed by atoms with E-state index in [-0.39, 0.29) is 0 Å². The maximum Gasteiger partial charge on any atom is 0.222 e. The second-order valence-corrected chi connectivity index (χ2v) is 6.99. The fourth-order valence-electron chi connectivity index (χ4n) is 4.20. The lowest BCUT2D eigenvalue weighted by atomic mass is 9.83. The third-order valence-corrected chi connectivity index (χ3v) is 5.50. The highest BCUT2D eigenvalue weighted by atomic mass is 16.2. The van der Waals surface area contributed by atoms with Crippen LogP contribution in [0.25, 0.3) is 0 Å². The van der Waals surface area contributed by atoms with Crippen LogP contribution in [0.5, 0.6) is 0 Å². The molecule has 1 aromatic heterocycles. The number of piperidine rings is 2. The molecular weight excluding hydrogens is 312 g/mol. The quantitative estimate of drug-likeness (QED) is 0.861. The summed E-state index contributed by atoms with van der Waals surface area (Å²) in [6.45, 7) is 2.74. The van der Waals surface area contributed by atoms with E-state index in [2.05, 4.69) is 44.0 Å². The standard InChI is InChI=1S/C20H24N4O/c25-20-7-6-17-15-23(19-14-21-10-11-22-19)12-9-18(17)24(20)13-8-16-4-2-1-3-5-16/h1-5,10-11,14,17-18H,6-9,12-13,15H2/t17-,18+/m0/s1. The molecule has 0 unspecified atom stereocenters. The highest BCUT2D eigenvalue weighted by molar-refractivity contribution is 5.77. The van der Waals surface area contributed by atoms with Gasteiger partial charge in [0.2, 0.25) is 5.91 Å². The van der Waals surface area contributed by atoms with Gasteiger partial charge in [-0.2, -0.15) is 0 Å². The van der Waals surface area contributed by atoms with Gasteiger partial charge in [-0.15, -0.1) is 0 Å². The molecule has 5 nitrogen and oxygen atoms in total. The predicted molar refractivity (Wildman–Crippen MR) is 97.2 cm³/mol. The molecule has 0 N–H and O–H groups in total. The fourth-order valence-corrected chi connectivity index (χ4v) is 4.20. The Labute approximate surface area is 148 Å². The Balaban J connectivity index is 1.43. The summed E-state index contributed by atoms with van der Waals surface area (Å²) in [5.41, 5.74) is 1.30. The molecule has 3 heterocycles. The smallest absolute Gasteiger partial charge is 0.222 e. The van der Waals surface area contributed by atoms with Crippen LogP contribution in [0.2, 0.25) is 0 Å². The number of carbonyl (C=O) groups is 1. The second-order valence-electron chi connectivity index (χ2n) is 6.99. The van der Waals surface area contributed by atoms with E-state index >= 15 is 0 Å². The fraction of sp³-hybridized carbons (Fsp3) is 0.450. The molecule has 2 aliphatic rings. The Morgan fingerprint density at radius 1 is 1.12 bits per heavy atom. The first kappa shape index (κ1) is 16.1. The van der Waals surface area contributed by atoms with Crippen molar-refractivity contribution in [3.05, 3.63) is 54.5 Å². The van der Waals surface area contributed by atoms with Crippen LogP contribution in [0.15, 0.2) is 48.9 Å². The normalized spacial score (nSPS) is 23.4. The summed E-state index contributed by atoms with van der Waals surface area (Å²) in [5.74, 6) is 1.81. The number of aromatic nitrogens is 2. The Morgan fingerprint density at radius 3 is 2.80 bits per heavy atom. The number of likely N-dealkylation sites (tertiary alicyclic amines) is 1. The molecule has 25 heavy (non-hydrogen) atoms. The van der Waals surface area contributed by atoms with Crippen molar-refractivity contribution in [2.24, 2.45) is 5.92 Å². The topological polar surface area (TPSA) is 49.3 Å². The van der Waals surface area contributed by atoms with Crippen LogP contribution in [-0.2, 0) is 11.2 Å². The molecule has 2 fully saturated rings. The Kier molecular flexibility index (Phi) is 4.63. The van der Waals surface area contributed by atoms with Crippen LogP contribution in [0, 0.1) is 5.92 Å². The van der Waals surface area contributed by atoms with Gasteiger partial charge in [-0.25, -0.2) is 4.98 Å². The van der Waals surface area contributed by atoms with Gasteiger partial charge < -0.3 is 9.80 Å². The lowest BCUT2D eigenvalue weighted by molar-refractivity contribution is -0.139. The minimum Gasteiger partial charge on any atom is -0.355 e. The first-order valence-corrected chi connectivity index (χ1v) is 9.15. The SMILES string of the molecule is O=C1CC[C@H]2CN(c3cnccn3)CC[C@H]2N1CCc1ccccc1. The van der Waals surface area contributed by atoms with Crippen molar-refractivity contribution in [3.63, 3.8) is 0 Å². The monoisotopic (exact) mass is 336 g/mol. The molecule has 2 aromatic rings. The summed E-state index contributed by atoms with van der Waals surface area (Å²) in [5, 5.41) is 0. The number of fused-ring (bicyclic) bond motifs is 1. The van der Waals surface area contributed by atoms with E-state index in [1.807, 2.05) is 12.3 Å². The third-order valence-electron chi connectivity index (χ3n) is 5.50. The van der Waals surface area contributed by atoms with Crippen molar-refractivity contribution >= 4 is 11.7 Å². The van der Waals surface area contributed by atoms with Crippen molar-refractivity contribution in [2.75, 3.05) is 24.5 Å². The van der Waals surface area contributed by atoms with E-state index in [9.17, 15) is 4.79 Å². The lowest BCUT2D eigenvalue weighted by Gasteiger charge is -2.47. The number of carbonyl (C=O) groups excluding carboxylic acids is 1. The predicted octanol–water partition coefficient (Wildman–Crippen LogP) is 2.54. The lowest BCUT2D eigenvalue weighted by Crippen LogP contribution is -2.56. The Bertz CT molecular complexity index is 706. The number of rotatable bonds is 4. The minimum atomic E-state index is 0.324. The second kappa shape index (κ2) is 7.21. The van der Waals surface area contributed by atoms with Gasteiger partial charge in [0.15, 0.2) is 0 Å². The van der Waals surface area contributed by atoms with Crippen molar-refractivity contribution in [1.29, 1.82) is 0 Å². The molecule has 1 amide bonds. The van der Waals surface area contributed by atoms with E-state index < -0.39 is 0 Å². The zero-order valence-electron chi connectivity index (χ0n) is 14.4. The van der Waals surface area contributed by atoms with Gasteiger partial charge in [0, 0.05) is 44.5 Å². The molecule has 2 atom stereocenters. The zero-order valence-corrected chi connectivity index (χ0v) is 14.4. The molecule has 2 saturated heterocycles. The van der Waals surface area contributed by atoms with E-state index in [0.717, 1.165) is 44.7 Å². The summed E-state index contributed by atoms with van der Waals surface area (Å²) in [4.78, 5) is 25.6. The first-order chi connectivity index (χ1) is 12.3. The number of hydrogen-bond donors (Lipinski definition) is 0. The van der Waals surface area contributed by atoms with Gasteiger partial charge in [-0.05, 0) is 30.7 Å². The molecule has 2 aliphatic heterocycles. The Morgan fingerprint density at radius 2 is 2.00 bits per heavy atom. The average Bonchev–Trinajstić information content (AvgIpc) is 2.68. The molecule has 5 heteroatoms. The summed E-state index contributed by atoms with van der Waals surface area (Å²) in [6, 6.07) is 10.8. The van der Waals surface area contributed by atoms with Crippen LogP contribution >= 0.6 is 0 Å². The van der Waals surface area contributed by atoms with Crippen LogP contribution < -0.4 is 4.90 Å². The molecular formula is C20H24N4O. The number of hydrogen-bond acceptors (Lipinski definition) is 4. The maximum absolute atomic E-state index is 12.5. The van der Waals surface area contributed by atoms with Crippen LogP contribution in [0.1, 0.15) is 24.8 Å². The van der Waals surface area contributed by atoms with Crippen molar-refractivity contribution in [2.45, 2.75) is 31.7 Å². The summed E-state index contributed by atoms with van der Waals surface area (Å²) >= 11 is 0. The number of nitrogens with zero attached hydrogens (tertiary/aromatic N) is 4. The largest absolute Gasteiger partial charge is 0.355 e. The summed E-state index contributed by atoms with van der Waals surface area (Å²) in [7, 11) is 0. The highest BCUT2D eigenvalue weighted by Gasteiger charge is 2.39. The number of amides is 1. The van der Waals surface area contributed by atoms with Crippen molar-refractivity contribution in [3.8, 4) is 0 Å². The van der Waals surface area contributed by atoms with E-state index in [1.165, 1.54) is 5.56 Å². The summed E-state index contributed by atoms with van der Waals surface area (Å²) < 4.78 is 0. The van der Waals surface area contributed by atoms with Crippen LogP contribution in [0.4, 0.5) is 5.82 Å². The van der Waals surface area contributed by atoms with Gasteiger partial charge in [0.25, 0.3) is 0 Å². The molecule has 130 valence electrons. The third kappa shape index (κ3) is 3.50. The molecule has 4 rings (SSSR count). The molecule has 0 saturated carbocycles. The van der Waals surface area contributed by atoms with E-state index in [1.54, 1.807) is 12.4 Å². The number of anilines is 1. The van der Waals surface area contributed by atoms with Gasteiger partial charge in [0.05, 0.1) is 6.20 Å². The van der Waals surface area contributed by atoms with Crippen LogP contribution in [0.3, 0.4) is 0 Å². The van der Waals surface area contributed by atoms with Crippen LogP contribution in [-0.4, -0.2) is 46.5 Å². The van der Waals surface area contributed by atoms with Crippen molar-refractivity contribution in [1.82, 2.24) is 14.9 Å².